The number of benzene rings is 10. The van der Waals surface area contributed by atoms with E-state index in [2.05, 4.69) is 213 Å². The zero-order valence-corrected chi connectivity index (χ0v) is 70.5. The number of hydrogen-bond donors (Lipinski definition) is 3. The Morgan fingerprint density at radius 2 is 0.783 bits per heavy atom. The van der Waals surface area contributed by atoms with Crippen molar-refractivity contribution in [2.24, 2.45) is 0 Å². The van der Waals surface area contributed by atoms with Gasteiger partial charge >= 0.3 is 0 Å². The van der Waals surface area contributed by atoms with Crippen molar-refractivity contribution in [3.05, 3.63) is 337 Å². The van der Waals surface area contributed by atoms with Crippen LogP contribution in [0.25, 0.3) is 109 Å². The molecule has 0 amide bonds. The van der Waals surface area contributed by atoms with E-state index < -0.39 is 0 Å². The summed E-state index contributed by atoms with van der Waals surface area (Å²) in [6.45, 7) is 17.8. The van der Waals surface area contributed by atoms with Crippen molar-refractivity contribution < 1.29 is 110 Å². The number of pyridine rings is 3. The number of nitrogens with zero attached hydrogens (tertiary/aromatic N) is 4. The first-order valence-electron chi connectivity index (χ1n) is 33.4. The number of para-hydroxylation sites is 3. The largest absolute Gasteiger partial charge is 0.512 e. The predicted octanol–water partition coefficient (Wildman–Crippen LogP) is 22.6. The topological polar surface area (TPSA) is 163 Å². The summed E-state index contributed by atoms with van der Waals surface area (Å²) >= 11 is 1.71. The summed E-state index contributed by atoms with van der Waals surface area (Å²) in [4.78, 5) is 48.7. The van der Waals surface area contributed by atoms with Crippen LogP contribution in [0.1, 0.15) is 91.5 Å². The second-order valence-electron chi connectivity index (χ2n) is 25.6. The maximum Gasteiger partial charge on any atom is 0.155 e. The Morgan fingerprint density at radius 3 is 1.25 bits per heavy atom. The van der Waals surface area contributed by atoms with Crippen LogP contribution in [-0.2, 0) is 106 Å². The minimum atomic E-state index is -0.125. The summed E-state index contributed by atoms with van der Waals surface area (Å²) in [6, 6.07) is 98.8. The molecule has 2 aliphatic carbocycles. The molecular weight excluding hydrogens is 2050 g/mol. The molecule has 0 spiro atoms. The quantitative estimate of drug-likeness (QED) is 0.0795. The molecule has 4 radical (unpaired) electrons. The van der Waals surface area contributed by atoms with Crippen LogP contribution in [0, 0.1) is 24.3 Å². The van der Waals surface area contributed by atoms with E-state index in [-0.39, 0.29) is 126 Å². The summed E-state index contributed by atoms with van der Waals surface area (Å²) in [5, 5.41) is 30.9. The number of carbonyl (C=O) groups excluding carboxylic acids is 3. The Kier molecular flexibility index (Phi) is 32.1. The van der Waals surface area contributed by atoms with E-state index in [0.717, 1.165) is 60.9 Å². The van der Waals surface area contributed by atoms with Crippen molar-refractivity contribution in [3.8, 4) is 66.6 Å². The average Bonchev–Trinajstić information content (AvgIpc) is 1.59. The van der Waals surface area contributed by atoms with E-state index in [4.69, 9.17) is 20.3 Å². The second kappa shape index (κ2) is 39.8. The van der Waals surface area contributed by atoms with Gasteiger partial charge in [0.2, 0.25) is 0 Å². The van der Waals surface area contributed by atoms with Crippen LogP contribution in [0.5, 0.6) is 0 Å². The Hall–Kier alpha value is -9.45. The zero-order chi connectivity index (χ0) is 72.5. The molecule has 10 aromatic carbocycles. The third kappa shape index (κ3) is 21.9. The van der Waals surface area contributed by atoms with Gasteiger partial charge in [-0.3, -0.25) is 29.3 Å². The van der Waals surface area contributed by atoms with Crippen LogP contribution < -0.4 is 0 Å². The molecule has 544 valence electrons. The predicted molar refractivity (Wildman–Crippen MR) is 418 cm³/mol. The SMILES string of the molecule is CC(=O)C=C(C)O.CC(=O)C=C(C)O.CC(=O)C=C(C)O.CC1(C)c2ccccc2-c2c[c-]c(-c3ccc4ccccc4n3)cc21.CC1(C)c2ccccc2-c2c[c-]c(-c3nccc4ccccc34)cc21.[Ir].[Ir].[Ir].[Ir].[c-]1ccccc1-c1ccc2ccccc2n1.[c-]1ccccc1-c1nc2ccccc2s1. The molecule has 0 saturated carbocycles. The summed E-state index contributed by atoms with van der Waals surface area (Å²) in [5.74, 6) is -0.187. The molecule has 2 aliphatic rings. The molecular formula is C91H78Ir4N4O6S-4. The number of aliphatic hydroxyl groups is 3. The van der Waals surface area contributed by atoms with E-state index in [9.17, 15) is 14.4 Å². The van der Waals surface area contributed by atoms with E-state index in [1.54, 1.807) is 11.3 Å². The third-order valence-corrected chi connectivity index (χ3v) is 18.0. The number of thiazole rings is 1. The minimum absolute atomic E-state index is 0. The fourth-order valence-electron chi connectivity index (χ4n) is 12.3. The monoisotopic (exact) mass is 2130 g/mol. The molecule has 106 heavy (non-hydrogen) atoms. The van der Waals surface area contributed by atoms with Crippen molar-refractivity contribution in [2.75, 3.05) is 0 Å². The van der Waals surface area contributed by atoms with Crippen molar-refractivity contribution in [1.29, 1.82) is 0 Å². The molecule has 0 aliphatic heterocycles. The molecule has 0 unspecified atom stereocenters. The molecule has 0 bridgehead atoms. The van der Waals surface area contributed by atoms with Gasteiger partial charge in [-0.25, -0.2) is 0 Å². The van der Waals surface area contributed by atoms with Crippen LogP contribution >= 0.6 is 11.3 Å². The Labute approximate surface area is 679 Å². The molecule has 0 fully saturated rings. The van der Waals surface area contributed by atoms with Crippen molar-refractivity contribution in [2.45, 2.75) is 80.1 Å². The number of fused-ring (bicyclic) bond motifs is 10. The number of aromatic nitrogens is 4. The maximum absolute atomic E-state index is 10.0. The van der Waals surface area contributed by atoms with E-state index in [0.29, 0.717) is 0 Å². The van der Waals surface area contributed by atoms with Gasteiger partial charge in [-0.1, -0.05) is 196 Å². The van der Waals surface area contributed by atoms with Crippen LogP contribution in [0.2, 0.25) is 0 Å². The Morgan fingerprint density at radius 1 is 0.377 bits per heavy atom. The number of aliphatic hydroxyl groups excluding tert-OH is 3. The number of carbonyl (C=O) groups is 3. The van der Waals surface area contributed by atoms with Crippen LogP contribution in [0.15, 0.2) is 290 Å². The summed E-state index contributed by atoms with van der Waals surface area (Å²) in [5.41, 5.74) is 21.1. The molecule has 10 nitrogen and oxygen atoms in total. The molecule has 0 atom stereocenters. The second-order valence-corrected chi connectivity index (χ2v) is 26.6. The summed E-state index contributed by atoms with van der Waals surface area (Å²) in [7, 11) is 0. The van der Waals surface area contributed by atoms with Crippen molar-refractivity contribution in [1.82, 2.24) is 19.9 Å². The number of ketones is 3. The maximum atomic E-state index is 10.0. The van der Waals surface area contributed by atoms with Gasteiger partial charge in [0.15, 0.2) is 17.3 Å². The first kappa shape index (κ1) is 85.5. The van der Waals surface area contributed by atoms with Crippen LogP contribution in [-0.4, -0.2) is 52.6 Å². The van der Waals surface area contributed by atoms with Gasteiger partial charge in [0.25, 0.3) is 0 Å². The Bertz CT molecular complexity index is 5320. The number of hydrogen-bond acceptors (Lipinski definition) is 11. The molecule has 16 rings (SSSR count). The van der Waals surface area contributed by atoms with Gasteiger partial charge in [0.1, 0.15) is 0 Å². The third-order valence-electron chi connectivity index (χ3n) is 16.9. The number of allylic oxidation sites excluding steroid dienone is 6. The van der Waals surface area contributed by atoms with E-state index >= 15 is 0 Å². The zero-order valence-electron chi connectivity index (χ0n) is 60.1. The van der Waals surface area contributed by atoms with Gasteiger partial charge in [0.05, 0.1) is 33.8 Å². The smallest absolute Gasteiger partial charge is 0.155 e. The average molecular weight is 2120 g/mol. The molecule has 15 heteroatoms. The summed E-state index contributed by atoms with van der Waals surface area (Å²) < 4.78 is 1.23. The van der Waals surface area contributed by atoms with Gasteiger partial charge in [-0.2, -0.15) is 11.3 Å². The first-order chi connectivity index (χ1) is 49.0. The van der Waals surface area contributed by atoms with Gasteiger partial charge < -0.3 is 20.3 Å². The van der Waals surface area contributed by atoms with E-state index in [1.807, 2.05) is 109 Å². The molecule has 4 heterocycles. The van der Waals surface area contributed by atoms with Gasteiger partial charge in [-0.05, 0) is 132 Å². The van der Waals surface area contributed by atoms with Crippen LogP contribution in [0.4, 0.5) is 0 Å². The van der Waals surface area contributed by atoms with Crippen LogP contribution in [0.3, 0.4) is 0 Å². The summed E-state index contributed by atoms with van der Waals surface area (Å²) in [6.07, 6.45) is 5.39. The number of rotatable bonds is 7. The first-order valence-corrected chi connectivity index (χ1v) is 34.2. The normalized spacial score (nSPS) is 12.1. The van der Waals surface area contributed by atoms with E-state index in [1.165, 1.54) is 131 Å². The van der Waals surface area contributed by atoms with Crippen molar-refractivity contribution in [3.63, 3.8) is 0 Å². The van der Waals surface area contributed by atoms with Gasteiger partial charge in [-0.15, -0.1) is 130 Å². The Balaban J connectivity index is 0.000000204. The van der Waals surface area contributed by atoms with Gasteiger partial charge in [0, 0.05) is 115 Å². The fourth-order valence-corrected chi connectivity index (χ4v) is 13.2. The minimum Gasteiger partial charge on any atom is -0.512 e. The molecule has 0 saturated heterocycles. The standard InChI is InChI=1S/2C24H18N.C15H10N.C13H8NS.3C5H8O2.4Ir/c1-24(2)20-9-5-4-8-18(20)19-13-11-17(15-21(19)24)23-14-12-16-7-3-6-10-22(16)25-23;1-24(2)21-10-6-5-9-19(21)20-12-11-17(15-22(20)24)23-18-8-4-3-7-16(18)13-14-25-23;1-2-6-12(7-3-1)15-11-10-13-8-4-5-9-14(13)16-15;1-2-6-10(7-3-1)13-14-11-8-4-5-9-12(11)15-13;3*1-4(6)3-5(2)7;;;;/h2*3-10,12-15H,1-2H3;1-6,8-11H;1-6,8-9H;3*3,6H,1-2H3;;;;/q4*-1;;;;;;;. The molecule has 3 N–H and O–H groups in total. The molecule has 14 aromatic rings. The fraction of sp³-hybridized carbons (Fsp3) is 0.132. The van der Waals surface area contributed by atoms with Crippen molar-refractivity contribution >= 4 is 71.5 Å². The molecule has 4 aromatic heterocycles.